The van der Waals surface area contributed by atoms with Crippen LogP contribution in [0.1, 0.15) is 88.6 Å². The van der Waals surface area contributed by atoms with Crippen LogP contribution < -0.4 is 56.6 Å². The Hall–Kier alpha value is -3.57. The summed E-state index contributed by atoms with van der Waals surface area (Å²) in [4.78, 5) is 48.7. The average molecular weight is 1050 g/mol. The van der Waals surface area contributed by atoms with Crippen molar-refractivity contribution in [1.82, 2.24) is 0 Å². The molecular weight excluding hydrogens is 984 g/mol. The number of benzene rings is 6. The minimum atomic E-state index is -4.32. The van der Waals surface area contributed by atoms with Crippen molar-refractivity contribution in [3.05, 3.63) is 194 Å². The van der Waals surface area contributed by atoms with Crippen molar-refractivity contribution in [2.45, 2.75) is 69.7 Å². The number of hydrogen-bond acceptors (Lipinski definition) is 9. The molecule has 2 unspecified atom stereocenters. The van der Waals surface area contributed by atoms with Gasteiger partial charge in [-0.25, -0.2) is 0 Å². The van der Waals surface area contributed by atoms with Crippen LogP contribution in [-0.2, 0) is 22.7 Å². The molecule has 0 saturated carbocycles. The van der Waals surface area contributed by atoms with E-state index < -0.39 is 34.2 Å². The first-order valence-corrected chi connectivity index (χ1v) is 25.0. The number of carbonyl (C=O) groups excluding carboxylic acids is 3. The van der Waals surface area contributed by atoms with E-state index in [1.165, 1.54) is 19.2 Å². The molecule has 0 radical (unpaired) electrons. The second-order valence-electron chi connectivity index (χ2n) is 15.1. The molecule has 15 heteroatoms. The molecule has 0 spiro atoms. The predicted molar refractivity (Wildman–Crippen MR) is 269 cm³/mol. The maximum Gasteiger partial charge on any atom is 1.00 e. The van der Waals surface area contributed by atoms with Crippen LogP contribution in [0.2, 0.25) is 0 Å². The molecule has 0 aliphatic carbocycles. The summed E-state index contributed by atoms with van der Waals surface area (Å²) >= 11 is 5.43. The topological polar surface area (TPSA) is 136 Å². The van der Waals surface area contributed by atoms with Gasteiger partial charge in [-0.05, 0) is 132 Å². The van der Waals surface area contributed by atoms with Crippen LogP contribution in [0, 0.1) is 62.3 Å². The molecular formula is C52H61BrClLiO9P3-. The minimum Gasteiger partial charge on any atom is -1.00 e. The third-order valence-corrected chi connectivity index (χ3v) is 15.5. The van der Waals surface area contributed by atoms with Gasteiger partial charge in [0, 0.05) is 53.9 Å². The molecule has 67 heavy (non-hydrogen) atoms. The Morgan fingerprint density at radius 2 is 0.806 bits per heavy atom. The maximum atomic E-state index is 13.1. The fraction of sp³-hybridized carbons (Fsp3) is 0.250. The Morgan fingerprint density at radius 1 is 0.507 bits per heavy atom. The zero-order valence-electron chi connectivity index (χ0n) is 39.9. The number of halogens is 2. The molecule has 0 aliphatic heterocycles. The molecule has 0 saturated heterocycles. The van der Waals surface area contributed by atoms with Gasteiger partial charge in [0.15, 0.2) is 0 Å². The number of hydrogen-bond donors (Lipinski definition) is 0. The van der Waals surface area contributed by atoms with Crippen LogP contribution in [0.5, 0.6) is 0 Å². The van der Waals surface area contributed by atoms with Crippen molar-refractivity contribution < 1.29 is 77.8 Å². The Labute approximate surface area is 427 Å². The van der Waals surface area contributed by atoms with E-state index in [-0.39, 0.29) is 59.4 Å². The van der Waals surface area contributed by atoms with Gasteiger partial charge in [-0.2, -0.15) is 0 Å². The van der Waals surface area contributed by atoms with E-state index in [0.29, 0.717) is 27.6 Å². The maximum absolute atomic E-state index is 13.1. The van der Waals surface area contributed by atoms with Crippen LogP contribution in [0.4, 0.5) is 0 Å². The molecule has 6 aromatic carbocycles. The molecule has 0 heterocycles. The van der Waals surface area contributed by atoms with E-state index in [0.717, 1.165) is 44.2 Å². The molecule has 0 bridgehead atoms. The first-order valence-electron chi connectivity index (χ1n) is 20.2. The summed E-state index contributed by atoms with van der Waals surface area (Å²) in [6.07, 6.45) is 0. The standard InChI is InChI=1S/C17H19O3P.C16H17O3P.C10H11ClO.C8H11O2P.CH4.BrH.Li/c1-12-10-13(2)16(14(3)11-12)17(18)21(19,20-4)15-8-6-5-7-9-15;1-11-9-12(2)15(13(3)10-11)16(17)20(18,19)14-7-5-4-6-8-14;1-6-4-7(2)9(10(11)12)8(3)5-6;1-9-11(10-2)8-6-4-3-5-7-8;;;/h5-11H,1-4H3;4-10H,1-3H3,(H,18,19);4-5H,1-3H3;3-7H,1-2H3;1H4;1H;/q;;;;;;+1/p-2. The van der Waals surface area contributed by atoms with Crippen molar-refractivity contribution in [3.8, 4) is 0 Å². The average Bonchev–Trinajstić information content (AvgIpc) is 3.24. The molecule has 0 fully saturated rings. The van der Waals surface area contributed by atoms with Crippen LogP contribution in [0.3, 0.4) is 0 Å². The van der Waals surface area contributed by atoms with Crippen LogP contribution in [0.15, 0.2) is 127 Å². The molecule has 0 aromatic heterocycles. The van der Waals surface area contributed by atoms with Crippen LogP contribution in [-0.4, -0.2) is 37.6 Å². The van der Waals surface area contributed by atoms with E-state index in [4.69, 9.17) is 25.2 Å². The van der Waals surface area contributed by atoms with Gasteiger partial charge >= 0.3 is 26.2 Å². The summed E-state index contributed by atoms with van der Waals surface area (Å²) < 4.78 is 40.9. The fourth-order valence-corrected chi connectivity index (χ4v) is 11.9. The second kappa shape index (κ2) is 29.5. The number of carbonyl (C=O) groups is 3. The van der Waals surface area contributed by atoms with Gasteiger partial charge in [0.05, 0.1) is 0 Å². The summed E-state index contributed by atoms with van der Waals surface area (Å²) in [6, 6.07) is 37.8. The van der Waals surface area contributed by atoms with Gasteiger partial charge in [-0.1, -0.05) is 127 Å². The molecule has 6 rings (SSSR count). The fourth-order valence-electron chi connectivity index (χ4n) is 7.33. The van der Waals surface area contributed by atoms with Crippen molar-refractivity contribution in [2.75, 3.05) is 21.3 Å². The predicted octanol–water partition coefficient (Wildman–Crippen LogP) is 6.27. The van der Waals surface area contributed by atoms with Gasteiger partial charge in [-0.3, -0.25) is 18.9 Å². The van der Waals surface area contributed by atoms with Gasteiger partial charge in [-0.15, -0.1) is 0 Å². The summed E-state index contributed by atoms with van der Waals surface area (Å²) in [5.41, 5.74) is 8.37. The first-order chi connectivity index (χ1) is 30.1. The van der Waals surface area contributed by atoms with Gasteiger partial charge in [0.2, 0.25) is 13.9 Å². The van der Waals surface area contributed by atoms with Crippen molar-refractivity contribution >= 4 is 66.9 Å². The molecule has 6 aromatic rings. The molecule has 0 N–H and O–H groups in total. The van der Waals surface area contributed by atoms with Crippen molar-refractivity contribution in [2.24, 2.45) is 0 Å². The Kier molecular flexibility index (Phi) is 27.9. The monoisotopic (exact) mass is 1040 g/mol. The van der Waals surface area contributed by atoms with Crippen molar-refractivity contribution in [3.63, 3.8) is 0 Å². The summed E-state index contributed by atoms with van der Waals surface area (Å²) in [6.45, 7) is 16.9. The SMILES string of the molecule is C.COP(=O)(C(=O)c1c(C)cc(C)cc1C)c1ccccc1.COP(OC)c1ccccc1.Cc1cc(C)c(C(=O)Cl)c(C)c1.Cc1cc(C)c(C(=O)P(=O)([O-])c2ccccc2)c(C)c1.[Br-].[Li+]. The molecule has 0 aliphatic rings. The quantitative estimate of drug-likeness (QED) is 0.0837. The Balaban J connectivity index is 0.000000884. The number of aryl methyl sites for hydroxylation is 9. The number of rotatable bonds is 11. The van der Waals surface area contributed by atoms with E-state index in [2.05, 4.69) is 0 Å². The summed E-state index contributed by atoms with van der Waals surface area (Å²) in [5, 5.41) is 1.22. The van der Waals surface area contributed by atoms with Crippen LogP contribution in [0.25, 0.3) is 0 Å². The largest absolute Gasteiger partial charge is 1.00 e. The van der Waals surface area contributed by atoms with E-state index in [1.54, 1.807) is 70.5 Å². The van der Waals surface area contributed by atoms with Gasteiger partial charge in [0.25, 0.3) is 10.8 Å². The van der Waals surface area contributed by atoms with E-state index in [9.17, 15) is 28.4 Å². The van der Waals surface area contributed by atoms with E-state index in [1.807, 2.05) is 121 Å². The van der Waals surface area contributed by atoms with Gasteiger partial charge in [0.1, 0.15) is 7.37 Å². The van der Waals surface area contributed by atoms with Crippen molar-refractivity contribution in [1.29, 1.82) is 0 Å². The first kappa shape index (κ1) is 63.4. The molecule has 2 atom stereocenters. The zero-order valence-corrected chi connectivity index (χ0v) is 44.9. The van der Waals surface area contributed by atoms with E-state index >= 15 is 0 Å². The second-order valence-corrected chi connectivity index (χ2v) is 21.6. The Morgan fingerprint density at radius 3 is 1.12 bits per heavy atom. The van der Waals surface area contributed by atoms with Gasteiger partial charge < -0.3 is 40.0 Å². The summed E-state index contributed by atoms with van der Waals surface area (Å²) in [7, 11) is -4.11. The smallest absolute Gasteiger partial charge is 1.00 e. The zero-order chi connectivity index (χ0) is 47.9. The minimum absolute atomic E-state index is 0. The van der Waals surface area contributed by atoms with Crippen LogP contribution >= 0.6 is 34.7 Å². The third kappa shape index (κ3) is 17.1. The molecule has 354 valence electrons. The normalized spacial score (nSPS) is 11.9. The third-order valence-electron chi connectivity index (χ3n) is 9.94. The molecule has 9 nitrogen and oxygen atoms in total. The summed E-state index contributed by atoms with van der Waals surface area (Å²) in [5.74, 6) is 0. The molecule has 0 amide bonds. The Bertz CT molecular complexity index is 2590.